The van der Waals surface area contributed by atoms with E-state index in [1.807, 2.05) is 47.9 Å². The Labute approximate surface area is 202 Å². The van der Waals surface area contributed by atoms with Gasteiger partial charge in [0.2, 0.25) is 0 Å². The molecule has 8 nitrogen and oxygen atoms in total. The van der Waals surface area contributed by atoms with Crippen LogP contribution in [0.15, 0.2) is 24.3 Å². The summed E-state index contributed by atoms with van der Waals surface area (Å²) in [5, 5.41) is 3.01. The number of nitrogens with one attached hydrogen (secondary N) is 1. The van der Waals surface area contributed by atoms with E-state index < -0.39 is 0 Å². The molecule has 1 N–H and O–H groups in total. The number of unbranched alkanes of at least 4 members (excludes halogenated alkanes) is 2. The lowest BCUT2D eigenvalue weighted by Gasteiger charge is -2.39. The molecule has 2 fully saturated rings. The van der Waals surface area contributed by atoms with Crippen molar-refractivity contribution in [3.05, 3.63) is 29.8 Å². The Balaban J connectivity index is 1.32. The van der Waals surface area contributed by atoms with Crippen LogP contribution in [0.3, 0.4) is 0 Å². The Morgan fingerprint density at radius 1 is 1.00 bits per heavy atom. The molecular formula is C26H39N3O5. The average Bonchev–Trinajstić information content (AvgIpc) is 3.24. The third-order valence-corrected chi connectivity index (χ3v) is 6.99. The van der Waals surface area contributed by atoms with Gasteiger partial charge in [0, 0.05) is 39.1 Å². The number of benzene rings is 1. The molecule has 0 saturated carbocycles. The number of ether oxygens (including phenoxy) is 2. The summed E-state index contributed by atoms with van der Waals surface area (Å²) in [6.45, 7) is 7.82. The fraction of sp³-hybridized carbons (Fsp3) is 0.654. The second kappa shape index (κ2) is 12.6. The largest absolute Gasteiger partial charge is 0.484 e. The summed E-state index contributed by atoms with van der Waals surface area (Å²) in [6, 6.07) is 7.71. The summed E-state index contributed by atoms with van der Waals surface area (Å²) in [4.78, 5) is 40.3. The van der Waals surface area contributed by atoms with Gasteiger partial charge in [-0.05, 0) is 63.0 Å². The van der Waals surface area contributed by atoms with Gasteiger partial charge in [-0.3, -0.25) is 9.59 Å². The minimum absolute atomic E-state index is 0.00703. The van der Waals surface area contributed by atoms with E-state index in [1.54, 1.807) is 0 Å². The zero-order chi connectivity index (χ0) is 24.4. The number of likely N-dealkylation sites (tertiary alicyclic amines) is 2. The maximum atomic E-state index is 12.6. The zero-order valence-corrected chi connectivity index (χ0v) is 20.6. The highest BCUT2D eigenvalue weighted by Gasteiger charge is 2.42. The molecule has 0 aromatic heterocycles. The molecule has 8 heteroatoms. The normalized spacial score (nSPS) is 17.0. The molecular weight excluding hydrogens is 434 g/mol. The van der Waals surface area contributed by atoms with Crippen LogP contribution in [0, 0.1) is 12.3 Å². The highest BCUT2D eigenvalue weighted by atomic mass is 16.5. The first-order chi connectivity index (χ1) is 16.4. The van der Waals surface area contributed by atoms with Gasteiger partial charge in [-0.2, -0.15) is 0 Å². The minimum Gasteiger partial charge on any atom is -0.484 e. The molecule has 2 aliphatic rings. The first kappa shape index (κ1) is 25.8. The highest BCUT2D eigenvalue weighted by molar-refractivity contribution is 5.78. The average molecular weight is 474 g/mol. The van der Waals surface area contributed by atoms with Crippen LogP contribution in [0.1, 0.15) is 57.4 Å². The van der Waals surface area contributed by atoms with E-state index >= 15 is 0 Å². The van der Waals surface area contributed by atoms with Crippen molar-refractivity contribution in [2.24, 2.45) is 5.41 Å². The van der Waals surface area contributed by atoms with Crippen molar-refractivity contribution in [1.82, 2.24) is 15.1 Å². The number of para-hydroxylation sites is 1. The van der Waals surface area contributed by atoms with E-state index in [2.05, 4.69) is 5.32 Å². The second-order valence-electron chi connectivity index (χ2n) is 9.45. The zero-order valence-electron chi connectivity index (χ0n) is 20.6. The molecule has 34 heavy (non-hydrogen) atoms. The van der Waals surface area contributed by atoms with E-state index in [9.17, 15) is 14.4 Å². The van der Waals surface area contributed by atoms with Gasteiger partial charge in [0.25, 0.3) is 5.91 Å². The van der Waals surface area contributed by atoms with E-state index in [1.165, 1.54) is 0 Å². The lowest BCUT2D eigenvalue weighted by Crippen LogP contribution is -2.47. The maximum absolute atomic E-state index is 12.6. The Morgan fingerprint density at radius 2 is 1.71 bits per heavy atom. The van der Waals surface area contributed by atoms with Crippen LogP contribution in [0.4, 0.5) is 4.79 Å². The van der Waals surface area contributed by atoms with Gasteiger partial charge in [0.1, 0.15) is 5.75 Å². The first-order valence-corrected chi connectivity index (χ1v) is 12.6. The monoisotopic (exact) mass is 473 g/mol. The number of hydrogen-bond acceptors (Lipinski definition) is 5. The van der Waals surface area contributed by atoms with Crippen molar-refractivity contribution in [2.75, 3.05) is 45.9 Å². The SMILES string of the molecule is CCOC(=O)CCCCCNC(=O)N1CCC2(CCN(C(=O)COc3ccccc3C)CC2)C1. The molecule has 1 aromatic rings. The number of piperidine rings is 1. The molecule has 1 aromatic carbocycles. The van der Waals surface area contributed by atoms with Crippen LogP contribution in [0.2, 0.25) is 0 Å². The number of carbonyl (C=O) groups excluding carboxylic acids is 3. The molecule has 0 radical (unpaired) electrons. The summed E-state index contributed by atoms with van der Waals surface area (Å²) in [5.74, 6) is 0.620. The van der Waals surface area contributed by atoms with Gasteiger partial charge >= 0.3 is 12.0 Å². The van der Waals surface area contributed by atoms with Crippen LogP contribution in [0.25, 0.3) is 0 Å². The molecule has 2 aliphatic heterocycles. The van der Waals surface area contributed by atoms with Crippen molar-refractivity contribution >= 4 is 17.9 Å². The molecule has 0 unspecified atom stereocenters. The van der Waals surface area contributed by atoms with Crippen LogP contribution >= 0.6 is 0 Å². The predicted molar refractivity (Wildman–Crippen MR) is 130 cm³/mol. The Hall–Kier alpha value is -2.77. The lowest BCUT2D eigenvalue weighted by molar-refractivity contribution is -0.143. The van der Waals surface area contributed by atoms with Crippen molar-refractivity contribution in [3.63, 3.8) is 0 Å². The van der Waals surface area contributed by atoms with Crippen molar-refractivity contribution in [2.45, 2.75) is 58.8 Å². The molecule has 0 atom stereocenters. The van der Waals surface area contributed by atoms with E-state index in [-0.39, 0.29) is 29.9 Å². The van der Waals surface area contributed by atoms with Crippen molar-refractivity contribution < 1.29 is 23.9 Å². The molecule has 0 aliphatic carbocycles. The van der Waals surface area contributed by atoms with Gasteiger partial charge in [0.15, 0.2) is 6.61 Å². The number of carbonyl (C=O) groups is 3. The molecule has 188 valence electrons. The smallest absolute Gasteiger partial charge is 0.317 e. The predicted octanol–water partition coefficient (Wildman–Crippen LogP) is 3.52. The molecule has 1 spiro atoms. The fourth-order valence-corrected chi connectivity index (χ4v) is 4.81. The number of rotatable bonds is 10. The van der Waals surface area contributed by atoms with Gasteiger partial charge in [-0.1, -0.05) is 24.6 Å². The van der Waals surface area contributed by atoms with Crippen LogP contribution in [-0.4, -0.2) is 73.6 Å². The number of amides is 3. The fourth-order valence-electron chi connectivity index (χ4n) is 4.81. The second-order valence-corrected chi connectivity index (χ2v) is 9.45. The Bertz CT molecular complexity index is 835. The number of urea groups is 1. The van der Waals surface area contributed by atoms with Gasteiger partial charge in [-0.15, -0.1) is 0 Å². The van der Waals surface area contributed by atoms with Crippen LogP contribution < -0.4 is 10.1 Å². The van der Waals surface area contributed by atoms with Gasteiger partial charge in [0.05, 0.1) is 6.61 Å². The molecule has 0 bridgehead atoms. The molecule has 3 rings (SSSR count). The third-order valence-electron chi connectivity index (χ3n) is 6.99. The van der Waals surface area contributed by atoms with Crippen LogP contribution in [0.5, 0.6) is 5.75 Å². The van der Waals surface area contributed by atoms with Crippen molar-refractivity contribution in [1.29, 1.82) is 0 Å². The summed E-state index contributed by atoms with van der Waals surface area (Å²) >= 11 is 0. The molecule has 3 amide bonds. The number of esters is 1. The summed E-state index contributed by atoms with van der Waals surface area (Å²) in [5.41, 5.74) is 1.14. The summed E-state index contributed by atoms with van der Waals surface area (Å²) in [6.07, 6.45) is 5.79. The first-order valence-electron chi connectivity index (χ1n) is 12.6. The van der Waals surface area contributed by atoms with Gasteiger partial charge in [-0.25, -0.2) is 4.79 Å². The van der Waals surface area contributed by atoms with E-state index in [4.69, 9.17) is 9.47 Å². The Kier molecular flexibility index (Phi) is 9.60. The number of nitrogens with zero attached hydrogens (tertiary/aromatic N) is 2. The van der Waals surface area contributed by atoms with Crippen molar-refractivity contribution in [3.8, 4) is 5.75 Å². The Morgan fingerprint density at radius 3 is 2.41 bits per heavy atom. The van der Waals surface area contributed by atoms with E-state index in [0.717, 1.165) is 62.9 Å². The summed E-state index contributed by atoms with van der Waals surface area (Å²) < 4.78 is 10.6. The topological polar surface area (TPSA) is 88.2 Å². The highest BCUT2D eigenvalue weighted by Crippen LogP contribution is 2.40. The molecule has 2 heterocycles. The maximum Gasteiger partial charge on any atom is 0.317 e. The quantitative estimate of drug-likeness (QED) is 0.415. The van der Waals surface area contributed by atoms with E-state index in [0.29, 0.717) is 32.7 Å². The van der Waals surface area contributed by atoms with Gasteiger partial charge < -0.3 is 24.6 Å². The third kappa shape index (κ3) is 7.37. The molecule has 2 saturated heterocycles. The minimum atomic E-state index is -0.152. The number of aryl methyl sites for hydroxylation is 1. The number of hydrogen-bond donors (Lipinski definition) is 1. The lowest BCUT2D eigenvalue weighted by atomic mass is 9.78. The summed E-state index contributed by atoms with van der Waals surface area (Å²) in [7, 11) is 0. The van der Waals surface area contributed by atoms with Crippen LogP contribution in [-0.2, 0) is 14.3 Å². The standard InChI is InChI=1S/C26H39N3O5/c1-3-33-24(31)11-5-4-8-15-27-25(32)29-18-14-26(20-29)12-16-28(17-13-26)23(30)19-34-22-10-7-6-9-21(22)2/h6-7,9-10H,3-5,8,11-20H2,1-2H3,(H,27,32).